The van der Waals surface area contributed by atoms with E-state index in [1.807, 2.05) is 0 Å². The predicted molar refractivity (Wildman–Crippen MR) is 93.4 cm³/mol. The third kappa shape index (κ3) is 2.46. The summed E-state index contributed by atoms with van der Waals surface area (Å²) in [6.45, 7) is 0. The second-order valence-corrected chi connectivity index (χ2v) is 6.21. The third-order valence-electron chi connectivity index (χ3n) is 4.77. The fraction of sp³-hybridized carbons (Fsp3) is 0.182. The van der Waals surface area contributed by atoms with E-state index in [0.717, 1.165) is 0 Å². The summed E-state index contributed by atoms with van der Waals surface area (Å²) in [7, 11) is 0. The van der Waals surface area contributed by atoms with Gasteiger partial charge in [0.15, 0.2) is 0 Å². The smallest absolute Gasteiger partial charge is 0.000479 e. The molecule has 0 heterocycles. The molecule has 0 radical (unpaired) electrons. The lowest BCUT2D eigenvalue weighted by Crippen LogP contribution is -1.99. The SMILES string of the molecule is C1=C[C@@H]2CC(=C(c3ccccc3)c3ccccc3)[C@H](C=C1)C2. The Morgan fingerprint density at radius 3 is 1.95 bits per heavy atom. The van der Waals surface area contributed by atoms with Crippen molar-refractivity contribution in [3.8, 4) is 0 Å². The average Bonchev–Trinajstić information content (AvgIpc) is 2.80. The first-order valence-electron chi connectivity index (χ1n) is 8.11. The zero-order valence-corrected chi connectivity index (χ0v) is 12.7. The maximum atomic E-state index is 2.38. The first-order valence-corrected chi connectivity index (χ1v) is 8.11. The summed E-state index contributed by atoms with van der Waals surface area (Å²) in [6, 6.07) is 21.7. The van der Waals surface area contributed by atoms with E-state index in [2.05, 4.69) is 85.0 Å². The molecule has 0 amide bonds. The maximum absolute atomic E-state index is 2.38. The third-order valence-corrected chi connectivity index (χ3v) is 4.77. The van der Waals surface area contributed by atoms with Gasteiger partial charge in [-0.25, -0.2) is 0 Å². The molecule has 4 rings (SSSR count). The van der Waals surface area contributed by atoms with Crippen LogP contribution < -0.4 is 0 Å². The van der Waals surface area contributed by atoms with Gasteiger partial charge in [0.05, 0.1) is 0 Å². The Labute approximate surface area is 132 Å². The number of benzene rings is 2. The van der Waals surface area contributed by atoms with Gasteiger partial charge in [-0.3, -0.25) is 0 Å². The van der Waals surface area contributed by atoms with Crippen molar-refractivity contribution in [1.29, 1.82) is 0 Å². The van der Waals surface area contributed by atoms with Gasteiger partial charge in [0, 0.05) is 0 Å². The molecule has 1 saturated carbocycles. The molecule has 0 nitrogen and oxygen atoms in total. The molecular formula is C22H20. The van der Waals surface area contributed by atoms with E-state index >= 15 is 0 Å². The molecule has 0 heteroatoms. The lowest BCUT2D eigenvalue weighted by atomic mass is 9.88. The molecule has 108 valence electrons. The molecule has 0 spiro atoms. The predicted octanol–water partition coefficient (Wildman–Crippen LogP) is 5.64. The Morgan fingerprint density at radius 2 is 1.32 bits per heavy atom. The summed E-state index contributed by atoms with van der Waals surface area (Å²) in [5.74, 6) is 1.27. The van der Waals surface area contributed by atoms with Crippen LogP contribution in [0.15, 0.2) is 90.5 Å². The molecule has 2 aliphatic carbocycles. The minimum atomic E-state index is 0.579. The van der Waals surface area contributed by atoms with Crippen molar-refractivity contribution in [3.05, 3.63) is 102 Å². The lowest BCUT2D eigenvalue weighted by molar-refractivity contribution is 0.651. The van der Waals surface area contributed by atoms with Crippen molar-refractivity contribution in [2.75, 3.05) is 0 Å². The molecule has 0 unspecified atom stereocenters. The van der Waals surface area contributed by atoms with Gasteiger partial charge in [-0.1, -0.05) is 90.5 Å². The van der Waals surface area contributed by atoms with Gasteiger partial charge in [0.1, 0.15) is 0 Å². The molecule has 0 aromatic heterocycles. The van der Waals surface area contributed by atoms with Crippen molar-refractivity contribution in [2.24, 2.45) is 11.8 Å². The molecule has 22 heavy (non-hydrogen) atoms. The van der Waals surface area contributed by atoms with Gasteiger partial charge in [0.25, 0.3) is 0 Å². The van der Waals surface area contributed by atoms with E-state index in [4.69, 9.17) is 0 Å². The molecule has 2 aromatic rings. The molecule has 1 fully saturated rings. The Bertz CT molecular complexity index is 691. The van der Waals surface area contributed by atoms with Crippen LogP contribution in [0.1, 0.15) is 24.0 Å². The van der Waals surface area contributed by atoms with Crippen LogP contribution in [-0.4, -0.2) is 0 Å². The fourth-order valence-corrected chi connectivity index (χ4v) is 3.78. The van der Waals surface area contributed by atoms with E-state index in [1.54, 1.807) is 5.57 Å². The Morgan fingerprint density at radius 1 is 0.727 bits per heavy atom. The first kappa shape index (κ1) is 13.3. The molecule has 2 bridgehead atoms. The molecule has 0 saturated heterocycles. The Kier molecular flexibility index (Phi) is 3.52. The van der Waals surface area contributed by atoms with Gasteiger partial charge in [-0.15, -0.1) is 0 Å². The summed E-state index contributed by atoms with van der Waals surface area (Å²) >= 11 is 0. The van der Waals surface area contributed by atoms with Crippen molar-refractivity contribution in [1.82, 2.24) is 0 Å². The van der Waals surface area contributed by atoms with Crippen LogP contribution in [0.25, 0.3) is 5.57 Å². The summed E-state index contributed by atoms with van der Waals surface area (Å²) in [4.78, 5) is 0. The Balaban J connectivity index is 1.90. The molecule has 0 N–H and O–H groups in total. The molecule has 2 aromatic carbocycles. The monoisotopic (exact) mass is 284 g/mol. The standard InChI is InChI=1S/C22H20/c1-3-10-18(11-4-1)22(19-12-5-2-6-13-19)21-16-17-9-7-8-14-20(21)15-17/h1-14,17,20H,15-16H2/t17-,20+/m0/s1. The van der Waals surface area contributed by atoms with Crippen molar-refractivity contribution in [3.63, 3.8) is 0 Å². The van der Waals surface area contributed by atoms with Gasteiger partial charge in [0.2, 0.25) is 0 Å². The average molecular weight is 284 g/mol. The number of hydrogen-bond donors (Lipinski definition) is 0. The summed E-state index contributed by atoms with van der Waals surface area (Å²) < 4.78 is 0. The summed E-state index contributed by atoms with van der Waals surface area (Å²) in [6.07, 6.45) is 11.6. The van der Waals surface area contributed by atoms with Crippen molar-refractivity contribution >= 4 is 5.57 Å². The largest absolute Gasteiger partial charge is 0.0811 e. The minimum Gasteiger partial charge on any atom is -0.0811 e. The highest BCUT2D eigenvalue weighted by Gasteiger charge is 2.30. The lowest BCUT2D eigenvalue weighted by Gasteiger charge is -2.17. The number of hydrogen-bond acceptors (Lipinski definition) is 0. The van der Waals surface area contributed by atoms with Crippen LogP contribution in [0.5, 0.6) is 0 Å². The number of allylic oxidation sites excluding steroid dienone is 5. The number of rotatable bonds is 2. The quantitative estimate of drug-likeness (QED) is 0.669. The minimum absolute atomic E-state index is 0.579. The van der Waals surface area contributed by atoms with Gasteiger partial charge < -0.3 is 0 Å². The zero-order chi connectivity index (χ0) is 14.8. The van der Waals surface area contributed by atoms with E-state index in [0.29, 0.717) is 11.8 Å². The van der Waals surface area contributed by atoms with Gasteiger partial charge in [-0.2, -0.15) is 0 Å². The highest BCUT2D eigenvalue weighted by Crippen LogP contribution is 2.44. The van der Waals surface area contributed by atoms with E-state index in [-0.39, 0.29) is 0 Å². The van der Waals surface area contributed by atoms with E-state index in [1.165, 1.54) is 29.5 Å². The molecular weight excluding hydrogens is 264 g/mol. The molecule has 2 atom stereocenters. The van der Waals surface area contributed by atoms with E-state index < -0.39 is 0 Å². The second kappa shape index (κ2) is 5.81. The fourth-order valence-electron chi connectivity index (χ4n) is 3.78. The van der Waals surface area contributed by atoms with Crippen molar-refractivity contribution < 1.29 is 0 Å². The van der Waals surface area contributed by atoms with Gasteiger partial charge in [-0.05, 0) is 41.4 Å². The second-order valence-electron chi connectivity index (χ2n) is 6.21. The Hall–Kier alpha value is -2.34. The molecule has 2 aliphatic rings. The van der Waals surface area contributed by atoms with Gasteiger partial charge >= 0.3 is 0 Å². The molecule has 0 aliphatic heterocycles. The summed E-state index contributed by atoms with van der Waals surface area (Å²) in [5.41, 5.74) is 5.72. The van der Waals surface area contributed by atoms with Crippen LogP contribution in [0.3, 0.4) is 0 Å². The summed E-state index contributed by atoms with van der Waals surface area (Å²) in [5, 5.41) is 0. The van der Waals surface area contributed by atoms with Crippen LogP contribution in [0, 0.1) is 11.8 Å². The maximum Gasteiger partial charge on any atom is -0.000479 e. The topological polar surface area (TPSA) is 0 Å². The van der Waals surface area contributed by atoms with Crippen LogP contribution >= 0.6 is 0 Å². The highest BCUT2D eigenvalue weighted by molar-refractivity contribution is 5.83. The van der Waals surface area contributed by atoms with E-state index in [9.17, 15) is 0 Å². The van der Waals surface area contributed by atoms with Crippen LogP contribution in [-0.2, 0) is 0 Å². The van der Waals surface area contributed by atoms with Crippen molar-refractivity contribution in [2.45, 2.75) is 12.8 Å². The zero-order valence-electron chi connectivity index (χ0n) is 12.7. The van der Waals surface area contributed by atoms with Crippen LogP contribution in [0.2, 0.25) is 0 Å². The normalized spacial score (nSPS) is 22.6. The first-order chi connectivity index (χ1) is 10.9. The highest BCUT2D eigenvalue weighted by atomic mass is 14.3. The van der Waals surface area contributed by atoms with Crippen LogP contribution in [0.4, 0.5) is 0 Å². The number of fused-ring (bicyclic) bond motifs is 2.